The average Bonchev–Trinajstić information content (AvgIpc) is 2.41. The van der Waals surface area contributed by atoms with Gasteiger partial charge in [0, 0.05) is 39.9 Å². The Kier molecular flexibility index (Phi) is 3.47. The van der Waals surface area contributed by atoms with Gasteiger partial charge in [-0.2, -0.15) is 0 Å². The SMILES string of the molecule is Nc1ccc(Oc2cc(F)cc(F)c2)c2ncc(Br)cc12. The summed E-state index contributed by atoms with van der Waals surface area (Å²) in [7, 11) is 0. The van der Waals surface area contributed by atoms with Crippen LogP contribution >= 0.6 is 15.9 Å². The number of anilines is 1. The molecule has 21 heavy (non-hydrogen) atoms. The molecule has 0 spiro atoms. The number of ether oxygens (including phenoxy) is 1. The number of benzene rings is 2. The summed E-state index contributed by atoms with van der Waals surface area (Å²) in [6.45, 7) is 0. The zero-order valence-electron chi connectivity index (χ0n) is 10.6. The Morgan fingerprint density at radius 3 is 2.48 bits per heavy atom. The van der Waals surface area contributed by atoms with E-state index in [2.05, 4.69) is 20.9 Å². The van der Waals surface area contributed by atoms with Crippen LogP contribution in [0.2, 0.25) is 0 Å². The molecule has 1 heterocycles. The van der Waals surface area contributed by atoms with Crippen LogP contribution in [-0.2, 0) is 0 Å². The predicted octanol–water partition coefficient (Wildman–Crippen LogP) is 4.65. The third kappa shape index (κ3) is 2.80. The largest absolute Gasteiger partial charge is 0.455 e. The summed E-state index contributed by atoms with van der Waals surface area (Å²) in [6.07, 6.45) is 1.60. The molecule has 6 heteroatoms. The van der Waals surface area contributed by atoms with E-state index < -0.39 is 11.6 Å². The van der Waals surface area contributed by atoms with Crippen LogP contribution in [0.3, 0.4) is 0 Å². The van der Waals surface area contributed by atoms with E-state index in [1.165, 1.54) is 0 Å². The minimum Gasteiger partial charge on any atom is -0.455 e. The number of aromatic nitrogens is 1. The third-order valence-electron chi connectivity index (χ3n) is 2.88. The molecule has 3 aromatic rings. The van der Waals surface area contributed by atoms with Gasteiger partial charge in [-0.25, -0.2) is 8.78 Å². The van der Waals surface area contributed by atoms with E-state index in [4.69, 9.17) is 10.5 Å². The zero-order chi connectivity index (χ0) is 15.0. The standard InChI is InChI=1S/C15H9BrF2N2O/c16-8-3-12-13(19)1-2-14(15(12)20-7-8)21-11-5-9(17)4-10(18)6-11/h1-7H,19H2. The van der Waals surface area contributed by atoms with Crippen LogP contribution in [0.5, 0.6) is 11.5 Å². The maximum absolute atomic E-state index is 13.2. The fourth-order valence-electron chi connectivity index (χ4n) is 1.99. The monoisotopic (exact) mass is 350 g/mol. The first kappa shape index (κ1) is 13.8. The Morgan fingerprint density at radius 1 is 1.05 bits per heavy atom. The molecule has 0 bridgehead atoms. The van der Waals surface area contributed by atoms with Crippen LogP contribution in [0.4, 0.5) is 14.5 Å². The molecular weight excluding hydrogens is 342 g/mol. The van der Waals surface area contributed by atoms with E-state index in [9.17, 15) is 8.78 Å². The van der Waals surface area contributed by atoms with Gasteiger partial charge in [0.25, 0.3) is 0 Å². The molecule has 0 unspecified atom stereocenters. The zero-order valence-corrected chi connectivity index (χ0v) is 12.2. The van der Waals surface area contributed by atoms with Crippen LogP contribution in [0, 0.1) is 11.6 Å². The fraction of sp³-hybridized carbons (Fsp3) is 0. The summed E-state index contributed by atoms with van der Waals surface area (Å²) >= 11 is 3.32. The molecule has 0 aliphatic heterocycles. The van der Waals surface area contributed by atoms with Gasteiger partial charge in [0.05, 0.1) is 0 Å². The van der Waals surface area contributed by atoms with Crippen LogP contribution in [0.15, 0.2) is 47.1 Å². The van der Waals surface area contributed by atoms with Gasteiger partial charge in [-0.1, -0.05) is 0 Å². The maximum Gasteiger partial charge on any atom is 0.153 e. The summed E-state index contributed by atoms with van der Waals surface area (Å²) in [6, 6.07) is 8.05. The minimum absolute atomic E-state index is 0.0586. The maximum atomic E-state index is 13.2. The first-order valence-corrected chi connectivity index (χ1v) is 6.80. The molecule has 3 nitrogen and oxygen atoms in total. The van der Waals surface area contributed by atoms with Crippen molar-refractivity contribution in [3.05, 3.63) is 58.7 Å². The van der Waals surface area contributed by atoms with E-state index in [1.54, 1.807) is 24.4 Å². The average molecular weight is 351 g/mol. The van der Waals surface area contributed by atoms with E-state index >= 15 is 0 Å². The van der Waals surface area contributed by atoms with Gasteiger partial charge in [-0.3, -0.25) is 4.98 Å². The second-order valence-corrected chi connectivity index (χ2v) is 5.33. The van der Waals surface area contributed by atoms with Crippen molar-refractivity contribution >= 4 is 32.5 Å². The number of nitrogen functional groups attached to an aromatic ring is 1. The first-order chi connectivity index (χ1) is 10.0. The number of hydrogen-bond donors (Lipinski definition) is 1. The highest BCUT2D eigenvalue weighted by molar-refractivity contribution is 9.10. The van der Waals surface area contributed by atoms with Crippen molar-refractivity contribution in [3.8, 4) is 11.5 Å². The van der Waals surface area contributed by atoms with Gasteiger partial charge >= 0.3 is 0 Å². The molecule has 3 rings (SSSR count). The summed E-state index contributed by atoms with van der Waals surface area (Å²) < 4.78 is 32.7. The van der Waals surface area contributed by atoms with Crippen molar-refractivity contribution < 1.29 is 13.5 Å². The quantitative estimate of drug-likeness (QED) is 0.684. The molecule has 0 aliphatic rings. The lowest BCUT2D eigenvalue weighted by atomic mass is 10.1. The lowest BCUT2D eigenvalue weighted by Gasteiger charge is -2.10. The molecule has 0 saturated carbocycles. The topological polar surface area (TPSA) is 48.1 Å². The number of nitrogens with zero attached hydrogens (tertiary/aromatic N) is 1. The van der Waals surface area contributed by atoms with Crippen molar-refractivity contribution in [2.45, 2.75) is 0 Å². The van der Waals surface area contributed by atoms with E-state index in [1.807, 2.05) is 0 Å². The van der Waals surface area contributed by atoms with Crippen LogP contribution in [0.25, 0.3) is 10.9 Å². The third-order valence-corrected chi connectivity index (χ3v) is 3.31. The number of halogens is 3. The van der Waals surface area contributed by atoms with Crippen molar-refractivity contribution in [1.82, 2.24) is 4.98 Å². The van der Waals surface area contributed by atoms with Crippen LogP contribution in [0.1, 0.15) is 0 Å². The summed E-state index contributed by atoms with van der Waals surface area (Å²) in [4.78, 5) is 4.24. The Bertz CT molecular complexity index is 819. The molecular formula is C15H9BrF2N2O. The first-order valence-electron chi connectivity index (χ1n) is 6.00. The lowest BCUT2D eigenvalue weighted by Crippen LogP contribution is -1.93. The molecule has 2 N–H and O–H groups in total. The Hall–Kier alpha value is -2.21. The summed E-state index contributed by atoms with van der Waals surface area (Å²) in [5.41, 5.74) is 6.95. The Morgan fingerprint density at radius 2 is 1.76 bits per heavy atom. The van der Waals surface area contributed by atoms with Gasteiger partial charge in [0.2, 0.25) is 0 Å². The van der Waals surface area contributed by atoms with Gasteiger partial charge in [-0.15, -0.1) is 0 Å². The molecule has 0 amide bonds. The second kappa shape index (κ2) is 5.29. The number of fused-ring (bicyclic) bond motifs is 1. The highest BCUT2D eigenvalue weighted by atomic mass is 79.9. The lowest BCUT2D eigenvalue weighted by molar-refractivity contribution is 0.472. The highest BCUT2D eigenvalue weighted by Crippen LogP contribution is 2.33. The number of hydrogen-bond acceptors (Lipinski definition) is 3. The molecule has 0 fully saturated rings. The molecule has 0 atom stereocenters. The van der Waals surface area contributed by atoms with Gasteiger partial charge in [0.15, 0.2) is 5.75 Å². The molecule has 1 aromatic heterocycles. The fourth-order valence-corrected chi connectivity index (χ4v) is 2.32. The molecule has 106 valence electrons. The van der Waals surface area contributed by atoms with E-state index in [-0.39, 0.29) is 5.75 Å². The van der Waals surface area contributed by atoms with Crippen molar-refractivity contribution in [2.75, 3.05) is 5.73 Å². The molecule has 2 aromatic carbocycles. The number of pyridine rings is 1. The smallest absolute Gasteiger partial charge is 0.153 e. The Balaban J connectivity index is 2.10. The van der Waals surface area contributed by atoms with E-state index in [0.29, 0.717) is 22.3 Å². The summed E-state index contributed by atoms with van der Waals surface area (Å²) in [5.74, 6) is -0.985. The predicted molar refractivity (Wildman–Crippen MR) is 80.3 cm³/mol. The van der Waals surface area contributed by atoms with Crippen molar-refractivity contribution in [3.63, 3.8) is 0 Å². The van der Waals surface area contributed by atoms with Crippen molar-refractivity contribution in [1.29, 1.82) is 0 Å². The van der Waals surface area contributed by atoms with Gasteiger partial charge in [-0.05, 0) is 34.1 Å². The molecule has 0 radical (unpaired) electrons. The number of nitrogens with two attached hydrogens (primary N) is 1. The van der Waals surface area contributed by atoms with Gasteiger partial charge < -0.3 is 10.5 Å². The highest BCUT2D eigenvalue weighted by Gasteiger charge is 2.10. The Labute approximate surface area is 127 Å². The minimum atomic E-state index is -0.708. The van der Waals surface area contributed by atoms with Crippen LogP contribution < -0.4 is 10.5 Å². The molecule has 0 aliphatic carbocycles. The molecule has 0 saturated heterocycles. The summed E-state index contributed by atoms with van der Waals surface area (Å²) in [5, 5.41) is 0.693. The van der Waals surface area contributed by atoms with Crippen LogP contribution in [-0.4, -0.2) is 4.98 Å². The van der Waals surface area contributed by atoms with E-state index in [0.717, 1.165) is 22.7 Å². The van der Waals surface area contributed by atoms with Gasteiger partial charge in [0.1, 0.15) is 22.9 Å². The second-order valence-electron chi connectivity index (χ2n) is 4.41. The normalized spacial score (nSPS) is 10.8. The van der Waals surface area contributed by atoms with Crippen molar-refractivity contribution in [2.24, 2.45) is 0 Å². The number of rotatable bonds is 2.